The number of allylic oxidation sites excluding steroid dienone is 26. The second kappa shape index (κ2) is 80.7. The summed E-state index contributed by atoms with van der Waals surface area (Å²) in [6.45, 7) is 2.49. The van der Waals surface area contributed by atoms with E-state index in [2.05, 4.69) is 179 Å². The highest BCUT2D eigenvalue weighted by atomic mass is 31.2. The van der Waals surface area contributed by atoms with Crippen LogP contribution < -0.4 is 0 Å². The van der Waals surface area contributed by atoms with E-state index in [0.29, 0.717) is 19.3 Å². The van der Waals surface area contributed by atoms with Crippen LogP contribution in [0, 0.1) is 0 Å². The molecule has 107 heavy (non-hydrogen) atoms. The van der Waals surface area contributed by atoms with Gasteiger partial charge in [-0.3, -0.25) is 32.5 Å². The molecule has 0 aromatic carbocycles. The number of ether oxygens (including phenoxy) is 3. The van der Waals surface area contributed by atoms with E-state index in [9.17, 15) is 43.5 Å². The third-order valence-electron chi connectivity index (χ3n) is 17.2. The molecule has 0 saturated carbocycles. The van der Waals surface area contributed by atoms with Crippen LogP contribution >= 0.6 is 15.6 Å². The zero-order chi connectivity index (χ0) is 78.0. The van der Waals surface area contributed by atoms with Crippen LogP contribution in [0.1, 0.15) is 329 Å². The molecule has 5 atom stereocenters. The highest BCUT2D eigenvalue weighted by Gasteiger charge is 2.29. The average molecular weight is 1540 g/mol. The third kappa shape index (κ3) is 82.0. The van der Waals surface area contributed by atoms with Crippen molar-refractivity contribution >= 4 is 33.6 Å². The number of phosphoric ester groups is 2. The fraction of sp³-hybridized carbons (Fsp3) is 0.674. The Morgan fingerprint density at radius 2 is 0.495 bits per heavy atom. The van der Waals surface area contributed by atoms with Crippen molar-refractivity contribution in [3.05, 3.63) is 158 Å². The minimum Gasteiger partial charge on any atom is -0.463 e. The summed E-state index contributed by atoms with van der Waals surface area (Å²) in [7, 11) is -9.82. The normalized spacial score (nSPS) is 14.7. The molecule has 0 fully saturated rings. The Kier molecular flexibility index (Phi) is 77.0. The Bertz CT molecular complexity index is 2580. The van der Waals surface area contributed by atoms with Crippen molar-refractivity contribution in [2.45, 2.75) is 347 Å². The van der Waals surface area contributed by atoms with Crippen LogP contribution in [0.2, 0.25) is 0 Å². The van der Waals surface area contributed by atoms with Gasteiger partial charge in [0.25, 0.3) is 0 Å². The molecule has 4 N–H and O–H groups in total. The molecule has 5 unspecified atom stereocenters. The van der Waals surface area contributed by atoms with Gasteiger partial charge in [0.1, 0.15) is 25.4 Å². The molecule has 0 aliphatic heterocycles. The first-order valence-corrected chi connectivity index (χ1v) is 44.8. The van der Waals surface area contributed by atoms with Gasteiger partial charge in [0.05, 0.1) is 26.4 Å². The number of phosphoric acid groups is 2. The summed E-state index contributed by atoms with van der Waals surface area (Å²) in [4.78, 5) is 58.8. The lowest BCUT2D eigenvalue weighted by atomic mass is 10.0. The molecule has 0 radical (unpaired) electrons. The van der Waals surface area contributed by atoms with E-state index in [1.807, 2.05) is 0 Å². The Morgan fingerprint density at radius 3 is 0.785 bits per heavy atom. The van der Waals surface area contributed by atoms with Gasteiger partial charge < -0.3 is 34.2 Å². The van der Waals surface area contributed by atoms with Gasteiger partial charge in [0.15, 0.2) is 6.10 Å². The van der Waals surface area contributed by atoms with Gasteiger partial charge in [-0.25, -0.2) is 9.13 Å². The summed E-state index contributed by atoms with van der Waals surface area (Å²) in [5, 5.41) is 20.7. The second-order valence-corrected chi connectivity index (χ2v) is 30.4. The Balaban J connectivity index is 4.68. The van der Waals surface area contributed by atoms with Crippen molar-refractivity contribution in [2.24, 2.45) is 0 Å². The largest absolute Gasteiger partial charge is 0.472 e. The van der Waals surface area contributed by atoms with Crippen molar-refractivity contribution in [3.8, 4) is 0 Å². The molecule has 0 spiro atoms. The van der Waals surface area contributed by atoms with E-state index in [1.54, 1.807) is 0 Å². The average Bonchev–Trinajstić information content (AvgIpc) is 0.934. The van der Waals surface area contributed by atoms with E-state index in [-0.39, 0.29) is 19.3 Å². The van der Waals surface area contributed by atoms with Gasteiger partial charge in [-0.05, 0) is 154 Å². The van der Waals surface area contributed by atoms with E-state index in [0.717, 1.165) is 173 Å². The monoisotopic (exact) mass is 1540 g/mol. The lowest BCUT2D eigenvalue weighted by molar-refractivity contribution is -0.161. The maximum Gasteiger partial charge on any atom is 0.472 e. The smallest absolute Gasteiger partial charge is 0.463 e. The lowest BCUT2D eigenvalue weighted by Gasteiger charge is -2.21. The maximum absolute atomic E-state index is 13.0. The summed E-state index contributed by atoms with van der Waals surface area (Å²) < 4.78 is 61.3. The van der Waals surface area contributed by atoms with Crippen LogP contribution in [0.25, 0.3) is 0 Å². The van der Waals surface area contributed by atoms with Crippen molar-refractivity contribution in [3.63, 3.8) is 0 Å². The second-order valence-electron chi connectivity index (χ2n) is 27.5. The standard InChI is InChI=1S/C89H150O16P2/c1-4-7-10-13-16-19-22-25-28-31-34-37-39-40-41-42-44-47-48-51-54-57-60-63-66-69-72-75-87(92)99-78-84(90)79-101-106(95,96)102-80-85(91)81-103-107(97,98)104-83-86(105-89(94)77-74-71-68-65-62-59-56-53-50-45-36-33-30-27-24-21-18-15-12-9-6-3)82-100-88(93)76-73-70-67-64-61-58-55-52-49-46-43-38-35-32-29-26-23-20-17-14-11-8-5-2/h9,12,16-21,25-30,34-38,40-41,45-46,49,53,56,84-86,90-91H,4-8,10-11,13-15,22-24,31-33,39,42-44,47-48,50-52,54-55,57-83H2,1-3H3,(H,95,96)(H,97,98)/b12-9-,19-16-,20-17-,21-18-,28-25-,29-26-,30-27-,37-34-,38-35-,41-40-,45-36-,49-46-,56-53-. The minimum absolute atomic E-state index is 0.0744. The number of aliphatic hydroxyl groups is 2. The molecule has 0 aliphatic rings. The molecule has 0 saturated heterocycles. The predicted octanol–water partition coefficient (Wildman–Crippen LogP) is 25.0. The molecule has 0 aromatic rings. The van der Waals surface area contributed by atoms with Gasteiger partial charge in [-0.2, -0.15) is 0 Å². The number of hydrogen-bond acceptors (Lipinski definition) is 14. The fourth-order valence-corrected chi connectivity index (χ4v) is 12.4. The topological polar surface area (TPSA) is 231 Å². The number of carbonyl (C=O) groups excluding carboxylic acids is 3. The first kappa shape index (κ1) is 102. The summed E-state index contributed by atoms with van der Waals surface area (Å²) >= 11 is 0. The number of esters is 3. The van der Waals surface area contributed by atoms with Crippen molar-refractivity contribution in [1.82, 2.24) is 0 Å². The Hall–Kier alpha value is -4.83. The van der Waals surface area contributed by atoms with Crippen molar-refractivity contribution in [2.75, 3.05) is 39.6 Å². The van der Waals surface area contributed by atoms with Crippen LogP contribution in [0.5, 0.6) is 0 Å². The number of hydrogen-bond donors (Lipinski definition) is 4. The lowest BCUT2D eigenvalue weighted by Crippen LogP contribution is -2.30. The van der Waals surface area contributed by atoms with Crippen LogP contribution in [0.3, 0.4) is 0 Å². The highest BCUT2D eigenvalue weighted by Crippen LogP contribution is 2.45. The van der Waals surface area contributed by atoms with Gasteiger partial charge >= 0.3 is 33.6 Å². The predicted molar refractivity (Wildman–Crippen MR) is 445 cm³/mol. The Morgan fingerprint density at radius 1 is 0.271 bits per heavy atom. The fourth-order valence-electron chi connectivity index (χ4n) is 10.9. The molecule has 612 valence electrons. The van der Waals surface area contributed by atoms with Gasteiger partial charge in [0.2, 0.25) is 0 Å². The van der Waals surface area contributed by atoms with Crippen LogP contribution in [-0.4, -0.2) is 95.9 Å². The van der Waals surface area contributed by atoms with Crippen molar-refractivity contribution < 1.29 is 75.8 Å². The highest BCUT2D eigenvalue weighted by molar-refractivity contribution is 7.47. The summed E-state index contributed by atoms with van der Waals surface area (Å²) in [5.41, 5.74) is 0. The molecule has 0 heterocycles. The molecule has 0 bridgehead atoms. The molecule has 0 aromatic heterocycles. The zero-order valence-electron chi connectivity index (χ0n) is 67.0. The Labute approximate surface area is 650 Å². The van der Waals surface area contributed by atoms with Crippen LogP contribution in [0.4, 0.5) is 0 Å². The van der Waals surface area contributed by atoms with Gasteiger partial charge in [0, 0.05) is 19.3 Å². The minimum atomic E-state index is -4.95. The quantitative estimate of drug-likeness (QED) is 0.0146. The van der Waals surface area contributed by atoms with Crippen LogP contribution in [-0.2, 0) is 55.8 Å². The van der Waals surface area contributed by atoms with Crippen molar-refractivity contribution in [1.29, 1.82) is 0 Å². The van der Waals surface area contributed by atoms with Crippen LogP contribution in [0.15, 0.2) is 158 Å². The molecule has 0 rings (SSSR count). The first-order chi connectivity index (χ1) is 52.2. The third-order valence-corrected chi connectivity index (χ3v) is 19.1. The number of rotatable bonds is 78. The molecular weight excluding hydrogens is 1390 g/mol. The van der Waals surface area contributed by atoms with Gasteiger partial charge in [-0.1, -0.05) is 314 Å². The van der Waals surface area contributed by atoms with Gasteiger partial charge in [-0.15, -0.1) is 0 Å². The van der Waals surface area contributed by atoms with E-state index < -0.39 is 91.5 Å². The molecule has 0 aliphatic carbocycles. The SMILES string of the molecule is CC/C=C\C/C=C\C/C=C\C/C=C\C/C=C\CCCCCCCC(=O)OC(COC(=O)CCCCCCCCC/C=C\C/C=C\C/C=C\C/C=C\CCCCC)COP(=O)(O)OCC(O)COP(=O)(O)OCC(O)COC(=O)CCCCCCCCCCCCC/C=C\C/C=C\C/C=C\C/C=C\CCCCC. The van der Waals surface area contributed by atoms with E-state index in [1.165, 1.54) is 96.3 Å². The number of aliphatic hydroxyl groups excluding tert-OH is 2. The number of unbranched alkanes of at least 4 members (excludes halogenated alkanes) is 29. The summed E-state index contributed by atoms with van der Waals surface area (Å²) in [6.07, 6.45) is 101. The molecule has 16 nitrogen and oxygen atoms in total. The van der Waals surface area contributed by atoms with E-state index in [4.69, 9.17) is 32.3 Å². The maximum atomic E-state index is 13.0. The number of carbonyl (C=O) groups is 3. The molecule has 18 heteroatoms. The summed E-state index contributed by atoms with van der Waals surface area (Å²) in [6, 6.07) is 0. The first-order valence-electron chi connectivity index (χ1n) is 41.8. The molecule has 0 amide bonds. The summed E-state index contributed by atoms with van der Waals surface area (Å²) in [5.74, 6) is -1.61. The molecular formula is C89H150O16P2. The zero-order valence-corrected chi connectivity index (χ0v) is 68.8. The van der Waals surface area contributed by atoms with E-state index >= 15 is 0 Å².